The molecule has 0 N–H and O–H groups in total. The van der Waals surface area contributed by atoms with Crippen molar-refractivity contribution in [3.63, 3.8) is 0 Å². The normalized spacial score (nSPS) is 16.1. The summed E-state index contributed by atoms with van der Waals surface area (Å²) in [5.74, 6) is 0. The Labute approximate surface area is 226 Å². The van der Waals surface area contributed by atoms with Crippen molar-refractivity contribution in [2.45, 2.75) is 38.2 Å². The van der Waals surface area contributed by atoms with Crippen LogP contribution in [0.1, 0.15) is 6.42 Å². The number of benzene rings is 3. The predicted molar refractivity (Wildman–Crippen MR) is 168 cm³/mol. The molecule has 1 aliphatic rings. The third-order valence-corrected chi connectivity index (χ3v) is 11.4. The first kappa shape index (κ1) is 23.4. The van der Waals surface area contributed by atoms with Crippen LogP contribution in [0.3, 0.4) is 0 Å². The van der Waals surface area contributed by atoms with Crippen molar-refractivity contribution in [1.82, 2.24) is 14.1 Å². The van der Waals surface area contributed by atoms with Crippen molar-refractivity contribution in [3.8, 4) is 5.69 Å². The number of rotatable bonds is 4. The molecule has 1 atom stereocenters. The fraction of sp³-hybridized carbons (Fsp3) is 0.182. The zero-order chi connectivity index (χ0) is 26.0. The molecule has 3 aromatic heterocycles. The van der Waals surface area contributed by atoms with Gasteiger partial charge in [0.1, 0.15) is 0 Å². The lowest BCUT2D eigenvalue weighted by molar-refractivity contribution is 0.955. The summed E-state index contributed by atoms with van der Waals surface area (Å²) in [6, 6.07) is 29.0. The topological polar surface area (TPSA) is 22.8 Å². The zero-order valence-electron chi connectivity index (χ0n) is 22.4. The molecule has 186 valence electrons. The highest BCUT2D eigenvalue weighted by Crippen LogP contribution is 2.39. The molecular weight excluding hydrogens is 495 g/mol. The molecule has 38 heavy (non-hydrogen) atoms. The molecule has 0 saturated heterocycles. The summed E-state index contributed by atoms with van der Waals surface area (Å²) >= 11 is 0. The van der Waals surface area contributed by atoms with E-state index in [2.05, 4.69) is 132 Å². The fourth-order valence-electron chi connectivity index (χ4n) is 6.00. The van der Waals surface area contributed by atoms with E-state index in [1.54, 1.807) is 0 Å². The second kappa shape index (κ2) is 8.96. The lowest BCUT2D eigenvalue weighted by Gasteiger charge is -2.22. The molecule has 0 fully saturated rings. The molecule has 3 nitrogen and oxygen atoms in total. The van der Waals surface area contributed by atoms with Gasteiger partial charge in [0.2, 0.25) is 0 Å². The van der Waals surface area contributed by atoms with Gasteiger partial charge in [0, 0.05) is 31.0 Å². The second-order valence-electron chi connectivity index (χ2n) is 10.9. The van der Waals surface area contributed by atoms with Crippen LogP contribution >= 0.6 is 0 Å². The second-order valence-corrected chi connectivity index (χ2v) is 16.4. The van der Waals surface area contributed by atoms with E-state index in [0.717, 1.165) is 17.5 Å². The Morgan fingerprint density at radius 3 is 2.05 bits per heavy atom. The molecule has 6 aromatic rings. The van der Waals surface area contributed by atoms with Gasteiger partial charge in [-0.2, -0.15) is 0 Å². The molecule has 1 unspecified atom stereocenters. The van der Waals surface area contributed by atoms with Crippen molar-refractivity contribution >= 4 is 72.3 Å². The molecular formula is C33H31N3Si2. The van der Waals surface area contributed by atoms with E-state index in [1.807, 2.05) is 0 Å². The number of hydrogen-bond donors (Lipinski definition) is 0. The number of hydrogen-bond acceptors (Lipinski definition) is 1. The fourth-order valence-corrected chi connectivity index (χ4v) is 7.97. The third kappa shape index (κ3) is 3.56. The van der Waals surface area contributed by atoms with Gasteiger partial charge in [-0.1, -0.05) is 92.1 Å². The molecule has 3 aromatic carbocycles. The number of nitrogens with zero attached hydrogens (tertiary/aromatic N) is 3. The number of pyridine rings is 1. The average Bonchev–Trinajstić information content (AvgIpc) is 3.44. The lowest BCUT2D eigenvalue weighted by atomic mass is 10.1. The van der Waals surface area contributed by atoms with Crippen LogP contribution in [0.2, 0.25) is 31.7 Å². The van der Waals surface area contributed by atoms with Crippen molar-refractivity contribution < 1.29 is 0 Å². The van der Waals surface area contributed by atoms with Crippen molar-refractivity contribution in [3.05, 3.63) is 97.1 Å². The monoisotopic (exact) mass is 525 g/mol. The summed E-state index contributed by atoms with van der Waals surface area (Å²) in [5, 5.41) is 3.87. The van der Waals surface area contributed by atoms with Gasteiger partial charge < -0.3 is 9.13 Å². The number of para-hydroxylation sites is 2. The van der Waals surface area contributed by atoms with Crippen molar-refractivity contribution in [1.29, 1.82) is 0 Å². The Balaban J connectivity index is 1.58. The molecule has 0 aliphatic heterocycles. The van der Waals surface area contributed by atoms with E-state index in [-0.39, 0.29) is 0 Å². The van der Waals surface area contributed by atoms with E-state index in [1.165, 1.54) is 49.4 Å². The Hall–Kier alpha value is -3.68. The summed E-state index contributed by atoms with van der Waals surface area (Å²) in [6.07, 6.45) is 8.06. The Morgan fingerprint density at radius 1 is 0.711 bits per heavy atom. The smallest absolute Gasteiger partial charge is 0.0972 e. The van der Waals surface area contributed by atoms with Crippen LogP contribution < -0.4 is 5.19 Å². The van der Waals surface area contributed by atoms with E-state index in [0.29, 0.717) is 5.54 Å². The third-order valence-electron chi connectivity index (χ3n) is 8.04. The predicted octanol–water partition coefficient (Wildman–Crippen LogP) is 8.17. The van der Waals surface area contributed by atoms with Gasteiger partial charge in [-0.25, -0.2) is 4.98 Å². The van der Waals surface area contributed by atoms with Crippen LogP contribution in [-0.4, -0.2) is 31.7 Å². The lowest BCUT2D eigenvalue weighted by Crippen LogP contribution is -2.22. The number of allylic oxidation sites excluding steroid dienone is 4. The first-order valence-corrected chi connectivity index (χ1v) is 18.5. The molecule has 0 bridgehead atoms. The van der Waals surface area contributed by atoms with E-state index in [9.17, 15) is 0 Å². The highest BCUT2D eigenvalue weighted by atomic mass is 28.3. The molecule has 0 spiro atoms. The minimum Gasteiger partial charge on any atom is -0.311 e. The van der Waals surface area contributed by atoms with Gasteiger partial charge in [-0.15, -0.1) is 0 Å². The average molecular weight is 526 g/mol. The van der Waals surface area contributed by atoms with E-state index >= 15 is 0 Å². The Bertz CT molecular complexity index is 1920. The van der Waals surface area contributed by atoms with Gasteiger partial charge >= 0.3 is 0 Å². The molecule has 7 rings (SSSR count). The minimum atomic E-state index is -0.559. The van der Waals surface area contributed by atoms with E-state index in [4.69, 9.17) is 4.98 Å². The summed E-state index contributed by atoms with van der Waals surface area (Å²) in [7, 11) is -0.985. The maximum Gasteiger partial charge on any atom is 0.0972 e. The molecule has 0 amide bonds. The zero-order valence-corrected chi connectivity index (χ0v) is 24.4. The SMILES string of the molecule is C[Si](C)c1cccc(-n2c3ccccc3c3nc4c5ccccc5n(C5=CC=CC([Si](C)C)C5)c4cc32)c1. The summed E-state index contributed by atoms with van der Waals surface area (Å²) in [5.41, 5.74) is 10.2. The highest BCUT2D eigenvalue weighted by molar-refractivity contribution is 6.70. The van der Waals surface area contributed by atoms with E-state index < -0.39 is 17.6 Å². The van der Waals surface area contributed by atoms with Gasteiger partial charge in [0.05, 0.1) is 41.9 Å². The van der Waals surface area contributed by atoms with Gasteiger partial charge in [-0.3, -0.25) is 0 Å². The van der Waals surface area contributed by atoms with Gasteiger partial charge in [0.25, 0.3) is 0 Å². The molecule has 0 saturated carbocycles. The van der Waals surface area contributed by atoms with Crippen molar-refractivity contribution in [2.24, 2.45) is 0 Å². The Morgan fingerprint density at radius 2 is 1.37 bits per heavy atom. The first-order chi connectivity index (χ1) is 18.5. The molecule has 2 radical (unpaired) electrons. The minimum absolute atomic E-state index is 0.426. The van der Waals surface area contributed by atoms with Gasteiger partial charge in [-0.05, 0) is 48.4 Å². The maximum atomic E-state index is 5.43. The quantitative estimate of drug-likeness (QED) is 0.213. The summed E-state index contributed by atoms with van der Waals surface area (Å²) in [6.45, 7) is 9.56. The van der Waals surface area contributed by atoms with Crippen molar-refractivity contribution in [2.75, 3.05) is 0 Å². The standard InChI is InChI=1S/C33H31N3Si2/c1-37(2)24-13-9-11-22(19-24)35-28-17-7-5-15-26(28)32-30(35)21-31-33(34-32)27-16-6-8-18-29(27)36(31)23-12-10-14-25(20-23)38(3)4/h5-19,21,25H,20H2,1-4H3. The molecule has 5 heteroatoms. The van der Waals surface area contributed by atoms with Crippen LogP contribution in [-0.2, 0) is 0 Å². The molecule has 1 aliphatic carbocycles. The number of aromatic nitrogens is 3. The molecule has 3 heterocycles. The van der Waals surface area contributed by atoms with Crippen LogP contribution in [0.15, 0.2) is 97.1 Å². The summed E-state index contributed by atoms with van der Waals surface area (Å²) < 4.78 is 4.90. The van der Waals surface area contributed by atoms with Crippen LogP contribution in [0, 0.1) is 0 Å². The first-order valence-electron chi connectivity index (χ1n) is 13.4. The maximum absolute atomic E-state index is 5.43. The van der Waals surface area contributed by atoms with Crippen LogP contribution in [0.25, 0.3) is 55.3 Å². The highest BCUT2D eigenvalue weighted by Gasteiger charge is 2.23. The summed E-state index contributed by atoms with van der Waals surface area (Å²) in [4.78, 5) is 5.43. The largest absolute Gasteiger partial charge is 0.311 e. The van der Waals surface area contributed by atoms with Crippen LogP contribution in [0.4, 0.5) is 0 Å². The van der Waals surface area contributed by atoms with Crippen LogP contribution in [0.5, 0.6) is 0 Å². The Kier molecular flexibility index (Phi) is 5.53. The number of fused-ring (bicyclic) bond motifs is 6. The van der Waals surface area contributed by atoms with Gasteiger partial charge in [0.15, 0.2) is 0 Å².